The van der Waals surface area contributed by atoms with E-state index in [1.807, 2.05) is 0 Å². The zero-order valence-corrected chi connectivity index (χ0v) is 10.7. The van der Waals surface area contributed by atoms with Gasteiger partial charge in [-0.15, -0.1) is 0 Å². The molecule has 0 radical (unpaired) electrons. The van der Waals surface area contributed by atoms with Gasteiger partial charge in [0.25, 0.3) is 0 Å². The summed E-state index contributed by atoms with van der Waals surface area (Å²) in [5, 5.41) is 0. The zero-order chi connectivity index (χ0) is 11.5. The second-order valence-electron chi connectivity index (χ2n) is 3.61. The van der Waals surface area contributed by atoms with Crippen LogP contribution in [-0.2, 0) is 9.47 Å². The van der Waals surface area contributed by atoms with Crippen LogP contribution in [0, 0.1) is 0 Å². The van der Waals surface area contributed by atoms with Gasteiger partial charge < -0.3 is 9.47 Å². The summed E-state index contributed by atoms with van der Waals surface area (Å²) in [7, 11) is 1.23. The highest BCUT2D eigenvalue weighted by atomic mass is 35.6. The quantitative estimate of drug-likeness (QED) is 0.539. The Morgan fingerprint density at radius 2 is 1.73 bits per heavy atom. The fourth-order valence-electron chi connectivity index (χ4n) is 1.77. The summed E-state index contributed by atoms with van der Waals surface area (Å²) < 4.78 is 7.96. The summed E-state index contributed by atoms with van der Waals surface area (Å²) in [4.78, 5) is 11.1. The van der Waals surface area contributed by atoms with Crippen LogP contribution >= 0.6 is 34.8 Å². The molecular formula is C9H13Cl3O3. The first-order valence-corrected chi connectivity index (χ1v) is 5.88. The molecule has 0 heterocycles. The molecule has 0 aromatic heterocycles. The zero-order valence-electron chi connectivity index (χ0n) is 8.39. The molecule has 1 saturated carbocycles. The molecule has 88 valence electrons. The molecule has 0 aromatic rings. The molecule has 0 atom stereocenters. The van der Waals surface area contributed by atoms with Crippen LogP contribution in [0.4, 0.5) is 4.79 Å². The number of rotatable bonds is 1. The summed E-state index contributed by atoms with van der Waals surface area (Å²) in [5.74, 6) is 0. The Balaban J connectivity index is 2.80. The summed E-state index contributed by atoms with van der Waals surface area (Å²) in [6, 6.07) is 0. The van der Waals surface area contributed by atoms with Gasteiger partial charge in [0.1, 0.15) is 0 Å². The first kappa shape index (κ1) is 13.2. The van der Waals surface area contributed by atoms with Gasteiger partial charge in [0.2, 0.25) is 3.79 Å². The highest BCUT2D eigenvalue weighted by molar-refractivity contribution is 6.68. The van der Waals surface area contributed by atoms with Gasteiger partial charge in [-0.2, -0.15) is 0 Å². The monoisotopic (exact) mass is 274 g/mol. The van der Waals surface area contributed by atoms with Crippen LogP contribution in [0.2, 0.25) is 0 Å². The predicted molar refractivity (Wildman–Crippen MR) is 59.6 cm³/mol. The van der Waals surface area contributed by atoms with Crippen molar-refractivity contribution in [2.45, 2.75) is 41.5 Å². The second-order valence-corrected chi connectivity index (χ2v) is 5.89. The minimum atomic E-state index is -1.61. The molecule has 0 N–H and O–H groups in total. The van der Waals surface area contributed by atoms with Crippen molar-refractivity contribution in [2.75, 3.05) is 7.11 Å². The Morgan fingerprint density at radius 3 is 2.13 bits per heavy atom. The first-order chi connectivity index (χ1) is 6.91. The fourth-order valence-corrected chi connectivity index (χ4v) is 2.45. The lowest BCUT2D eigenvalue weighted by Crippen LogP contribution is -2.48. The largest absolute Gasteiger partial charge is 0.508 e. The van der Waals surface area contributed by atoms with Crippen molar-refractivity contribution in [3.8, 4) is 0 Å². The highest BCUT2D eigenvalue weighted by Crippen LogP contribution is 2.49. The molecule has 0 saturated heterocycles. The Hall–Kier alpha value is 0.140. The Morgan fingerprint density at radius 1 is 1.20 bits per heavy atom. The van der Waals surface area contributed by atoms with Crippen LogP contribution in [0.5, 0.6) is 0 Å². The van der Waals surface area contributed by atoms with Gasteiger partial charge in [-0.25, -0.2) is 4.79 Å². The van der Waals surface area contributed by atoms with Gasteiger partial charge in [-0.05, 0) is 25.7 Å². The highest BCUT2D eigenvalue weighted by Gasteiger charge is 2.52. The van der Waals surface area contributed by atoms with Crippen LogP contribution in [0.25, 0.3) is 0 Å². The molecule has 0 aliphatic heterocycles. The molecule has 15 heavy (non-hydrogen) atoms. The van der Waals surface area contributed by atoms with Crippen LogP contribution in [-0.4, -0.2) is 22.7 Å². The van der Waals surface area contributed by atoms with Gasteiger partial charge >= 0.3 is 6.16 Å². The molecule has 0 bridgehead atoms. The molecule has 1 rings (SSSR count). The number of hydrogen-bond donors (Lipinski definition) is 0. The molecule has 1 aliphatic carbocycles. The van der Waals surface area contributed by atoms with E-state index in [2.05, 4.69) is 4.74 Å². The summed E-state index contributed by atoms with van der Waals surface area (Å²) in [6.07, 6.45) is 3.13. The lowest BCUT2D eigenvalue weighted by atomic mass is 9.86. The number of hydrogen-bond acceptors (Lipinski definition) is 3. The molecular weight excluding hydrogens is 262 g/mol. The van der Waals surface area contributed by atoms with Crippen molar-refractivity contribution < 1.29 is 14.3 Å². The smallest absolute Gasteiger partial charge is 0.438 e. The Kier molecular flexibility index (Phi) is 4.38. The van der Waals surface area contributed by atoms with Gasteiger partial charge in [-0.1, -0.05) is 41.2 Å². The standard InChI is InChI=1S/C9H13Cl3O3/c1-14-7(13)15-8(9(10,11)12)5-3-2-4-6-8/h2-6H2,1H3. The third-order valence-corrected chi connectivity index (χ3v) is 3.66. The third kappa shape index (κ3) is 3.05. The van der Waals surface area contributed by atoms with Crippen LogP contribution in [0.1, 0.15) is 32.1 Å². The summed E-state index contributed by atoms with van der Waals surface area (Å²) in [6.45, 7) is 0. The van der Waals surface area contributed by atoms with E-state index in [0.29, 0.717) is 12.8 Å². The van der Waals surface area contributed by atoms with E-state index in [9.17, 15) is 4.79 Å². The normalized spacial score (nSPS) is 20.8. The first-order valence-electron chi connectivity index (χ1n) is 4.75. The van der Waals surface area contributed by atoms with Crippen molar-refractivity contribution in [1.29, 1.82) is 0 Å². The van der Waals surface area contributed by atoms with Crippen molar-refractivity contribution in [2.24, 2.45) is 0 Å². The van der Waals surface area contributed by atoms with E-state index in [1.165, 1.54) is 7.11 Å². The lowest BCUT2D eigenvalue weighted by molar-refractivity contribution is -0.0462. The van der Waals surface area contributed by atoms with Crippen LogP contribution in [0.15, 0.2) is 0 Å². The number of halogens is 3. The lowest BCUT2D eigenvalue weighted by Gasteiger charge is -2.40. The van der Waals surface area contributed by atoms with Crippen molar-refractivity contribution in [3.05, 3.63) is 0 Å². The van der Waals surface area contributed by atoms with E-state index in [4.69, 9.17) is 39.5 Å². The number of ether oxygens (including phenoxy) is 2. The maximum absolute atomic E-state index is 11.1. The SMILES string of the molecule is COC(=O)OC1(C(Cl)(Cl)Cl)CCCCC1. The molecule has 1 aliphatic rings. The average molecular weight is 276 g/mol. The third-order valence-electron chi connectivity index (χ3n) is 2.62. The van der Waals surface area contributed by atoms with E-state index in [-0.39, 0.29) is 0 Å². The molecule has 0 unspecified atom stereocenters. The van der Waals surface area contributed by atoms with E-state index >= 15 is 0 Å². The average Bonchev–Trinajstić information content (AvgIpc) is 2.17. The Bertz CT molecular complexity index is 231. The number of carbonyl (C=O) groups is 1. The molecule has 0 aromatic carbocycles. The van der Waals surface area contributed by atoms with E-state index in [1.54, 1.807) is 0 Å². The second kappa shape index (κ2) is 4.98. The molecule has 0 amide bonds. The molecule has 3 nitrogen and oxygen atoms in total. The minimum Gasteiger partial charge on any atom is -0.438 e. The van der Waals surface area contributed by atoms with Crippen molar-refractivity contribution in [3.63, 3.8) is 0 Å². The number of methoxy groups -OCH3 is 1. The minimum absolute atomic E-state index is 0.554. The Labute approximate surface area is 104 Å². The number of alkyl halides is 3. The maximum atomic E-state index is 11.1. The van der Waals surface area contributed by atoms with E-state index in [0.717, 1.165) is 19.3 Å². The van der Waals surface area contributed by atoms with Gasteiger partial charge in [0, 0.05) is 0 Å². The van der Waals surface area contributed by atoms with Crippen molar-refractivity contribution >= 4 is 41.0 Å². The van der Waals surface area contributed by atoms with Gasteiger partial charge in [0.15, 0.2) is 5.60 Å². The van der Waals surface area contributed by atoms with Crippen LogP contribution in [0.3, 0.4) is 0 Å². The predicted octanol–water partition coefficient (Wildman–Crippen LogP) is 3.84. The number of carbonyl (C=O) groups excluding carboxylic acids is 1. The maximum Gasteiger partial charge on any atom is 0.508 e. The summed E-state index contributed by atoms with van der Waals surface area (Å²) >= 11 is 17.6. The van der Waals surface area contributed by atoms with E-state index < -0.39 is 15.5 Å². The van der Waals surface area contributed by atoms with Crippen molar-refractivity contribution in [1.82, 2.24) is 0 Å². The fraction of sp³-hybridized carbons (Fsp3) is 0.889. The van der Waals surface area contributed by atoms with Gasteiger partial charge in [0.05, 0.1) is 7.11 Å². The summed E-state index contributed by atoms with van der Waals surface area (Å²) in [5.41, 5.74) is -1.04. The van der Waals surface area contributed by atoms with Crippen LogP contribution < -0.4 is 0 Å². The molecule has 0 spiro atoms. The topological polar surface area (TPSA) is 35.5 Å². The molecule has 1 fully saturated rings. The molecule has 6 heteroatoms. The van der Waals surface area contributed by atoms with Gasteiger partial charge in [-0.3, -0.25) is 0 Å².